The number of nitrogens with zero attached hydrogens (tertiary/aromatic N) is 2. The predicted molar refractivity (Wildman–Crippen MR) is 134 cm³/mol. The normalized spacial score (nSPS) is 12.0. The van der Waals surface area contributed by atoms with E-state index in [2.05, 4.69) is 16.9 Å². The average Bonchev–Trinajstić information content (AvgIpc) is 2.82. The number of rotatable bonds is 15. The van der Waals surface area contributed by atoms with Gasteiger partial charge in [0.2, 0.25) is 0 Å². The van der Waals surface area contributed by atoms with Crippen LogP contribution in [0.5, 0.6) is 5.75 Å². The summed E-state index contributed by atoms with van der Waals surface area (Å²) in [5, 5.41) is 0. The van der Waals surface area contributed by atoms with Crippen molar-refractivity contribution in [3.05, 3.63) is 54.4 Å². The molecule has 1 aromatic heterocycles. The number of hydrogen-bond donors (Lipinski definition) is 0. The first-order valence-corrected chi connectivity index (χ1v) is 12.4. The number of ether oxygens (including phenoxy) is 2. The molecule has 0 bridgehead atoms. The van der Waals surface area contributed by atoms with Gasteiger partial charge in [-0.2, -0.15) is 0 Å². The largest absolute Gasteiger partial charge is 0.463 e. The first kappa shape index (κ1) is 27.2. The van der Waals surface area contributed by atoms with Gasteiger partial charge in [-0.05, 0) is 38.2 Å². The van der Waals surface area contributed by atoms with E-state index >= 15 is 0 Å². The number of benzene rings is 1. The Bertz CT molecular complexity index is 892. The maximum absolute atomic E-state index is 12.0. The van der Waals surface area contributed by atoms with E-state index in [0.717, 1.165) is 36.8 Å². The minimum Gasteiger partial charge on any atom is -0.463 e. The monoisotopic (exact) mass is 466 g/mol. The van der Waals surface area contributed by atoms with Crippen LogP contribution in [0.2, 0.25) is 0 Å². The molecule has 0 saturated heterocycles. The lowest BCUT2D eigenvalue weighted by Crippen LogP contribution is -2.12. The number of unbranched alkanes of at least 4 members (excludes halogenated alkanes) is 7. The van der Waals surface area contributed by atoms with Gasteiger partial charge in [-0.25, -0.2) is 14.8 Å². The zero-order valence-electron chi connectivity index (χ0n) is 20.8. The van der Waals surface area contributed by atoms with Crippen molar-refractivity contribution in [2.45, 2.75) is 91.1 Å². The van der Waals surface area contributed by atoms with Crippen LogP contribution in [0.4, 0.5) is 0 Å². The van der Waals surface area contributed by atoms with E-state index in [4.69, 9.17) is 9.47 Å². The van der Waals surface area contributed by atoms with E-state index in [9.17, 15) is 9.59 Å². The minimum atomic E-state index is -0.411. The van der Waals surface area contributed by atoms with Crippen molar-refractivity contribution in [3.8, 4) is 17.1 Å². The summed E-state index contributed by atoms with van der Waals surface area (Å²) in [6.07, 6.45) is 17.5. The van der Waals surface area contributed by atoms with Crippen molar-refractivity contribution in [1.29, 1.82) is 0 Å². The molecule has 0 fully saturated rings. The molecule has 2 aromatic rings. The Morgan fingerprint density at radius 3 is 2.26 bits per heavy atom. The second-order valence-electron chi connectivity index (χ2n) is 8.63. The van der Waals surface area contributed by atoms with Gasteiger partial charge in [0, 0.05) is 18.6 Å². The van der Waals surface area contributed by atoms with Crippen molar-refractivity contribution in [2.24, 2.45) is 0 Å². The molecule has 0 aliphatic heterocycles. The molecule has 0 aliphatic rings. The van der Waals surface area contributed by atoms with Crippen molar-refractivity contribution < 1.29 is 19.1 Å². The summed E-state index contributed by atoms with van der Waals surface area (Å²) < 4.78 is 10.4. The van der Waals surface area contributed by atoms with Crippen molar-refractivity contribution in [1.82, 2.24) is 9.97 Å². The second kappa shape index (κ2) is 15.8. The highest BCUT2D eigenvalue weighted by Gasteiger charge is 2.08. The van der Waals surface area contributed by atoms with Gasteiger partial charge in [0.15, 0.2) is 11.6 Å². The van der Waals surface area contributed by atoms with E-state index in [1.807, 2.05) is 37.3 Å². The summed E-state index contributed by atoms with van der Waals surface area (Å²) in [4.78, 5) is 31.6. The number of esters is 2. The van der Waals surface area contributed by atoms with Crippen molar-refractivity contribution in [2.75, 3.05) is 0 Å². The van der Waals surface area contributed by atoms with Crippen molar-refractivity contribution in [3.63, 3.8) is 0 Å². The summed E-state index contributed by atoms with van der Waals surface area (Å²) >= 11 is 0. The third-order valence-corrected chi connectivity index (χ3v) is 5.49. The fraction of sp³-hybridized carbons (Fsp3) is 0.500. The highest BCUT2D eigenvalue weighted by Crippen LogP contribution is 2.19. The van der Waals surface area contributed by atoms with Gasteiger partial charge in [-0.15, -0.1) is 0 Å². The molecular weight excluding hydrogens is 428 g/mol. The molecule has 1 atom stereocenters. The van der Waals surface area contributed by atoms with E-state index in [-0.39, 0.29) is 12.1 Å². The zero-order valence-corrected chi connectivity index (χ0v) is 20.8. The lowest BCUT2D eigenvalue weighted by Gasteiger charge is -2.11. The summed E-state index contributed by atoms with van der Waals surface area (Å²) in [5.74, 6) is 0.222. The Balaban J connectivity index is 1.72. The van der Waals surface area contributed by atoms with Crippen LogP contribution in [0, 0.1) is 0 Å². The highest BCUT2D eigenvalue weighted by atomic mass is 16.5. The maximum atomic E-state index is 12.0. The SMILES string of the molecule is CCCCCCCCCC=CC(=O)Oc1cnc(-c2ccc(CCC(C)OC(C)=O)cc2)nc1. The topological polar surface area (TPSA) is 78.4 Å². The quantitative estimate of drug-likeness (QED) is 0.166. The Labute approximate surface area is 203 Å². The number of carbonyl (C=O) groups excluding carboxylic acids is 2. The Kier molecular flexibility index (Phi) is 12.6. The van der Waals surface area contributed by atoms with Gasteiger partial charge in [0.05, 0.1) is 18.5 Å². The summed E-state index contributed by atoms with van der Waals surface area (Å²) in [5.41, 5.74) is 2.03. The molecule has 184 valence electrons. The molecule has 6 heteroatoms. The first-order valence-electron chi connectivity index (χ1n) is 12.4. The minimum absolute atomic E-state index is 0.106. The molecule has 2 rings (SSSR count). The number of hydrogen-bond acceptors (Lipinski definition) is 6. The Hall–Kier alpha value is -3.02. The van der Waals surface area contributed by atoms with Crippen molar-refractivity contribution >= 4 is 11.9 Å². The van der Waals surface area contributed by atoms with E-state index < -0.39 is 5.97 Å². The fourth-order valence-corrected chi connectivity index (χ4v) is 3.60. The van der Waals surface area contributed by atoms with E-state index in [0.29, 0.717) is 11.6 Å². The van der Waals surface area contributed by atoms with Gasteiger partial charge in [-0.3, -0.25) is 4.79 Å². The summed E-state index contributed by atoms with van der Waals surface area (Å²) in [6.45, 7) is 5.54. The highest BCUT2D eigenvalue weighted by molar-refractivity contribution is 5.83. The molecule has 0 radical (unpaired) electrons. The first-order chi connectivity index (χ1) is 16.5. The van der Waals surface area contributed by atoms with Gasteiger partial charge in [0.1, 0.15) is 0 Å². The number of carbonyl (C=O) groups is 2. The third kappa shape index (κ3) is 11.2. The van der Waals surface area contributed by atoms with Crippen LogP contribution in [0.15, 0.2) is 48.8 Å². The molecule has 0 saturated carbocycles. The van der Waals surface area contributed by atoms with E-state index in [1.165, 1.54) is 63.9 Å². The maximum Gasteiger partial charge on any atom is 0.335 e. The lowest BCUT2D eigenvalue weighted by molar-refractivity contribution is -0.145. The second-order valence-corrected chi connectivity index (χ2v) is 8.63. The van der Waals surface area contributed by atoms with E-state index in [1.54, 1.807) is 0 Å². The van der Waals surface area contributed by atoms with Gasteiger partial charge in [0.25, 0.3) is 0 Å². The van der Waals surface area contributed by atoms with Crippen LogP contribution in [-0.2, 0) is 20.7 Å². The standard InChI is InChI=1S/C28H38N2O4/c1-4-5-6-7-8-9-10-11-12-13-27(32)34-26-20-29-28(30-21-26)25-18-16-24(17-19-25)15-14-22(2)33-23(3)31/h12-13,16-22H,4-11,14-15H2,1-3H3. The van der Waals surface area contributed by atoms with Crippen LogP contribution in [0.25, 0.3) is 11.4 Å². The van der Waals surface area contributed by atoms with Crippen LogP contribution in [0.3, 0.4) is 0 Å². The molecule has 0 spiro atoms. The molecule has 0 amide bonds. The molecule has 0 N–H and O–H groups in total. The van der Waals surface area contributed by atoms with Crippen LogP contribution in [-0.4, -0.2) is 28.0 Å². The molecular formula is C28H38N2O4. The smallest absolute Gasteiger partial charge is 0.335 e. The zero-order chi connectivity index (χ0) is 24.6. The van der Waals surface area contributed by atoms with Crippen LogP contribution < -0.4 is 4.74 Å². The summed E-state index contributed by atoms with van der Waals surface area (Å²) in [7, 11) is 0. The number of aromatic nitrogens is 2. The molecule has 1 unspecified atom stereocenters. The Morgan fingerprint density at radius 2 is 1.62 bits per heavy atom. The molecule has 34 heavy (non-hydrogen) atoms. The van der Waals surface area contributed by atoms with Crippen LogP contribution in [0.1, 0.15) is 84.1 Å². The lowest BCUT2D eigenvalue weighted by atomic mass is 10.1. The van der Waals surface area contributed by atoms with Gasteiger partial charge in [-0.1, -0.05) is 75.8 Å². The molecule has 1 heterocycles. The molecule has 1 aromatic carbocycles. The third-order valence-electron chi connectivity index (χ3n) is 5.49. The summed E-state index contributed by atoms with van der Waals surface area (Å²) in [6, 6.07) is 7.95. The molecule has 0 aliphatic carbocycles. The molecule has 6 nitrogen and oxygen atoms in total. The van der Waals surface area contributed by atoms with Gasteiger partial charge >= 0.3 is 11.9 Å². The predicted octanol–water partition coefficient (Wildman–Crippen LogP) is 6.63. The number of aryl methyl sites for hydroxylation is 1. The van der Waals surface area contributed by atoms with Gasteiger partial charge < -0.3 is 9.47 Å². The van der Waals surface area contributed by atoms with Crippen LogP contribution >= 0.6 is 0 Å². The Morgan fingerprint density at radius 1 is 0.971 bits per heavy atom. The average molecular weight is 467 g/mol. The number of allylic oxidation sites excluding steroid dienone is 1. The fourth-order valence-electron chi connectivity index (χ4n) is 3.60.